The Hall–Kier alpha value is 0.383. The molecule has 0 aliphatic rings. The predicted octanol–water partition coefficient (Wildman–Crippen LogP) is -2.91. The zero-order valence-corrected chi connectivity index (χ0v) is 11.1. The normalized spacial score (nSPS) is 5.54. The average Bonchev–Trinajstić information content (AvgIpc) is 1.92. The van der Waals surface area contributed by atoms with Gasteiger partial charge in [0, 0.05) is 17.6 Å². The van der Waals surface area contributed by atoms with Gasteiger partial charge >= 0.3 is 0 Å². The van der Waals surface area contributed by atoms with Crippen LogP contribution < -0.4 is 20.4 Å². The first-order valence-electron chi connectivity index (χ1n) is 3.98. The molecule has 0 aromatic heterocycles. The Labute approximate surface area is 92.6 Å². The summed E-state index contributed by atoms with van der Waals surface area (Å²) in [6.07, 6.45) is 0. The molecule has 0 aliphatic heterocycles. The van der Waals surface area contributed by atoms with Crippen LogP contribution in [-0.4, -0.2) is 44.0 Å². The Morgan fingerprint density at radius 1 is 0.538 bits per heavy atom. The summed E-state index contributed by atoms with van der Waals surface area (Å²) < 4.78 is 0. The van der Waals surface area contributed by atoms with E-state index in [1.165, 1.54) is 0 Å². The van der Waals surface area contributed by atoms with Crippen LogP contribution in [0, 0.1) is 0 Å². The molecule has 0 heterocycles. The minimum Gasteiger partial charge on any atom is -0.855 e. The molecule has 13 heavy (non-hydrogen) atoms. The molecule has 0 aliphatic carbocycles. The van der Waals surface area contributed by atoms with Crippen molar-refractivity contribution in [1.82, 2.24) is 0 Å². The molecule has 0 rings (SSSR count). The van der Waals surface area contributed by atoms with Crippen LogP contribution in [-0.2, 0) is 0 Å². The Balaban J connectivity index is -0.0000000213. The van der Waals surface area contributed by atoms with Gasteiger partial charge in [0.05, 0.1) is 0 Å². The SMILES string of the molecule is CC[O-].CC[O-].CC[O-].CC[O-].[Ge]. The number of hydrogen-bond donors (Lipinski definition) is 0. The molecular weight excluding hydrogens is 233 g/mol. The van der Waals surface area contributed by atoms with Crippen molar-refractivity contribution in [2.75, 3.05) is 26.4 Å². The van der Waals surface area contributed by atoms with Crippen LogP contribution in [0.2, 0.25) is 0 Å². The molecule has 0 unspecified atom stereocenters. The van der Waals surface area contributed by atoms with E-state index in [1.54, 1.807) is 27.7 Å². The van der Waals surface area contributed by atoms with Crippen molar-refractivity contribution in [3.05, 3.63) is 0 Å². The molecule has 4 nitrogen and oxygen atoms in total. The fourth-order valence-electron chi connectivity index (χ4n) is 0. The molecule has 0 saturated heterocycles. The smallest absolute Gasteiger partial charge is 0 e. The molecule has 4 radical (unpaired) electrons. The summed E-state index contributed by atoms with van der Waals surface area (Å²) in [6, 6.07) is 0. The van der Waals surface area contributed by atoms with Crippen molar-refractivity contribution in [2.45, 2.75) is 27.7 Å². The molecule has 0 saturated carbocycles. The Bertz CT molecular complexity index is 24.1. The van der Waals surface area contributed by atoms with Gasteiger partial charge in [-0.1, -0.05) is 27.7 Å². The molecule has 0 aromatic carbocycles. The maximum absolute atomic E-state index is 8.93. The van der Waals surface area contributed by atoms with E-state index < -0.39 is 0 Å². The molecule has 0 bridgehead atoms. The first kappa shape index (κ1) is 29.2. The summed E-state index contributed by atoms with van der Waals surface area (Å²) in [7, 11) is 0. The van der Waals surface area contributed by atoms with E-state index in [9.17, 15) is 0 Å². The van der Waals surface area contributed by atoms with Gasteiger partial charge in [0.15, 0.2) is 0 Å². The van der Waals surface area contributed by atoms with Crippen LogP contribution in [0.25, 0.3) is 0 Å². The van der Waals surface area contributed by atoms with Crippen LogP contribution >= 0.6 is 0 Å². The van der Waals surface area contributed by atoms with Gasteiger partial charge in [0.25, 0.3) is 0 Å². The van der Waals surface area contributed by atoms with E-state index in [-0.39, 0.29) is 44.0 Å². The van der Waals surface area contributed by atoms with Gasteiger partial charge in [-0.2, -0.15) is 0 Å². The van der Waals surface area contributed by atoms with Crippen molar-refractivity contribution < 1.29 is 20.4 Å². The number of rotatable bonds is 0. The summed E-state index contributed by atoms with van der Waals surface area (Å²) in [5, 5.41) is 35.7. The van der Waals surface area contributed by atoms with E-state index in [0.717, 1.165) is 0 Å². The maximum Gasteiger partial charge on any atom is 0 e. The summed E-state index contributed by atoms with van der Waals surface area (Å²) >= 11 is 0. The van der Waals surface area contributed by atoms with Crippen molar-refractivity contribution in [1.29, 1.82) is 0 Å². The molecule has 0 atom stereocenters. The second-order valence-corrected chi connectivity index (χ2v) is 1.15. The summed E-state index contributed by atoms with van der Waals surface area (Å²) in [5.41, 5.74) is 0. The van der Waals surface area contributed by atoms with E-state index in [0.29, 0.717) is 0 Å². The minimum absolute atomic E-state index is 0. The van der Waals surface area contributed by atoms with Crippen LogP contribution in [0.5, 0.6) is 0 Å². The van der Waals surface area contributed by atoms with Crippen molar-refractivity contribution in [2.24, 2.45) is 0 Å². The molecule has 0 N–H and O–H groups in total. The van der Waals surface area contributed by atoms with Gasteiger partial charge in [0.1, 0.15) is 0 Å². The fourth-order valence-corrected chi connectivity index (χ4v) is 0. The first-order valence-corrected chi connectivity index (χ1v) is 3.98. The van der Waals surface area contributed by atoms with Crippen LogP contribution in [0.4, 0.5) is 0 Å². The summed E-state index contributed by atoms with van der Waals surface area (Å²) in [4.78, 5) is 0. The Morgan fingerprint density at radius 2 is 0.538 bits per heavy atom. The first-order chi connectivity index (χ1) is 5.66. The van der Waals surface area contributed by atoms with E-state index >= 15 is 0 Å². The van der Waals surface area contributed by atoms with Gasteiger partial charge in [0.2, 0.25) is 0 Å². The van der Waals surface area contributed by atoms with Gasteiger partial charge in [-0.25, -0.2) is 0 Å². The monoisotopic (exact) mass is 254 g/mol. The van der Waals surface area contributed by atoms with Gasteiger partial charge < -0.3 is 20.4 Å². The Morgan fingerprint density at radius 3 is 0.538 bits per heavy atom. The van der Waals surface area contributed by atoms with Crippen molar-refractivity contribution in [3.63, 3.8) is 0 Å². The van der Waals surface area contributed by atoms with Gasteiger partial charge in [-0.15, -0.1) is 26.4 Å². The van der Waals surface area contributed by atoms with E-state index in [4.69, 9.17) is 20.4 Å². The fraction of sp³-hybridized carbons (Fsp3) is 1.00. The third-order valence-electron chi connectivity index (χ3n) is 0. The van der Waals surface area contributed by atoms with Gasteiger partial charge in [-0.3, -0.25) is 0 Å². The molecule has 0 aromatic rings. The average molecular weight is 253 g/mol. The molecular formula is C8H20GeO4-4. The second kappa shape index (κ2) is 83.5. The standard InChI is InChI=1S/4C2H5O.Ge/c4*1-2-3;/h4*2H2,1H3;/q4*-1;. The maximum atomic E-state index is 8.93. The van der Waals surface area contributed by atoms with Crippen molar-refractivity contribution >= 4 is 17.6 Å². The largest absolute Gasteiger partial charge is 0.855 e. The Kier molecular flexibility index (Phi) is 188. The summed E-state index contributed by atoms with van der Waals surface area (Å²) in [6.45, 7) is 6.28. The second-order valence-electron chi connectivity index (χ2n) is 1.15. The number of hydrogen-bond acceptors (Lipinski definition) is 4. The predicted molar refractivity (Wildman–Crippen MR) is 47.9 cm³/mol. The zero-order chi connectivity index (χ0) is 10.8. The van der Waals surface area contributed by atoms with Crippen molar-refractivity contribution in [3.8, 4) is 0 Å². The quantitative estimate of drug-likeness (QED) is 0.432. The zero-order valence-electron chi connectivity index (χ0n) is 8.96. The van der Waals surface area contributed by atoms with Crippen LogP contribution in [0.1, 0.15) is 27.7 Å². The molecule has 0 spiro atoms. The third kappa shape index (κ3) is 9110. The topological polar surface area (TPSA) is 92.2 Å². The van der Waals surface area contributed by atoms with Gasteiger partial charge in [-0.05, 0) is 0 Å². The molecule has 0 fully saturated rings. The van der Waals surface area contributed by atoms with Crippen LogP contribution in [0.3, 0.4) is 0 Å². The van der Waals surface area contributed by atoms with E-state index in [1.807, 2.05) is 0 Å². The molecule has 84 valence electrons. The molecule has 0 amide bonds. The molecule has 5 heteroatoms. The van der Waals surface area contributed by atoms with Crippen LogP contribution in [0.15, 0.2) is 0 Å². The summed E-state index contributed by atoms with van der Waals surface area (Å²) in [5.74, 6) is 0. The minimum atomic E-state index is 0. The third-order valence-corrected chi connectivity index (χ3v) is 0. The van der Waals surface area contributed by atoms with E-state index in [2.05, 4.69) is 0 Å².